The maximum absolute atomic E-state index is 11.2. The van der Waals surface area contributed by atoms with E-state index in [4.69, 9.17) is 5.11 Å². The molecule has 0 heterocycles. The van der Waals surface area contributed by atoms with Crippen LogP contribution in [-0.4, -0.2) is 29.9 Å². The minimum Gasteiger partial charge on any atom is -0.748 e. The van der Waals surface area contributed by atoms with Crippen molar-refractivity contribution in [3.8, 4) is 0 Å². The van der Waals surface area contributed by atoms with Gasteiger partial charge in [-0.3, -0.25) is 0 Å². The minimum atomic E-state index is -4.15. The van der Waals surface area contributed by atoms with Crippen LogP contribution in [-0.2, 0) is 10.1 Å². The zero-order valence-electron chi connectivity index (χ0n) is 13.8. The summed E-state index contributed by atoms with van der Waals surface area (Å²) in [6.45, 7) is 2.35. The molecule has 0 aliphatic heterocycles. The third-order valence-electron chi connectivity index (χ3n) is 3.72. The molecule has 0 radical (unpaired) electrons. The second-order valence-electron chi connectivity index (χ2n) is 5.60. The van der Waals surface area contributed by atoms with Gasteiger partial charge in [-0.1, -0.05) is 64.7 Å². The first-order chi connectivity index (χ1) is 9.52. The van der Waals surface area contributed by atoms with Crippen molar-refractivity contribution >= 4 is 10.1 Å². The molecule has 0 aliphatic carbocycles. The maximum Gasteiger partial charge on any atom is 1.00 e. The van der Waals surface area contributed by atoms with Crippen molar-refractivity contribution < 1.29 is 47.6 Å². The van der Waals surface area contributed by atoms with Gasteiger partial charge in [0.25, 0.3) is 0 Å². The van der Waals surface area contributed by atoms with Gasteiger partial charge in [-0.05, 0) is 19.3 Å². The van der Waals surface area contributed by atoms with Crippen LogP contribution in [0.3, 0.4) is 0 Å². The molecule has 4 nitrogen and oxygen atoms in total. The topological polar surface area (TPSA) is 77.4 Å². The van der Waals surface area contributed by atoms with Crippen molar-refractivity contribution in [1.82, 2.24) is 0 Å². The molecule has 0 bridgehead atoms. The molecule has 0 saturated heterocycles. The monoisotopic (exact) mass is 330 g/mol. The predicted octanol–water partition coefficient (Wildman–Crippen LogP) is 0.598. The SMILES string of the molecule is CCCCCCCCC(CCCCCCO)S(=O)(=O)[O-].[Na+]. The first-order valence-corrected chi connectivity index (χ1v) is 9.55. The van der Waals surface area contributed by atoms with Crippen molar-refractivity contribution in [2.75, 3.05) is 6.61 Å². The van der Waals surface area contributed by atoms with Crippen molar-refractivity contribution in [1.29, 1.82) is 0 Å². The second-order valence-corrected chi connectivity index (χ2v) is 7.25. The maximum atomic E-state index is 11.2. The van der Waals surface area contributed by atoms with Gasteiger partial charge in [0.2, 0.25) is 0 Å². The van der Waals surface area contributed by atoms with E-state index in [-0.39, 0.29) is 36.2 Å². The molecule has 1 unspecified atom stereocenters. The molecule has 0 spiro atoms. The normalized spacial score (nSPS) is 12.9. The van der Waals surface area contributed by atoms with Gasteiger partial charge in [0.1, 0.15) is 0 Å². The Bertz CT molecular complexity index is 307. The van der Waals surface area contributed by atoms with Gasteiger partial charge >= 0.3 is 29.6 Å². The van der Waals surface area contributed by atoms with E-state index in [2.05, 4.69) is 6.92 Å². The smallest absolute Gasteiger partial charge is 0.748 e. The van der Waals surface area contributed by atoms with Crippen LogP contribution in [0, 0.1) is 0 Å². The Balaban J connectivity index is 0. The molecule has 0 aromatic heterocycles. The Morgan fingerprint density at radius 3 is 1.71 bits per heavy atom. The number of aliphatic hydroxyl groups is 1. The van der Waals surface area contributed by atoms with E-state index in [9.17, 15) is 13.0 Å². The fourth-order valence-corrected chi connectivity index (χ4v) is 3.33. The van der Waals surface area contributed by atoms with Crippen LogP contribution in [0.4, 0.5) is 0 Å². The van der Waals surface area contributed by atoms with Gasteiger partial charge in [0, 0.05) is 11.9 Å². The zero-order valence-corrected chi connectivity index (χ0v) is 16.7. The molecular weight excluding hydrogens is 299 g/mol. The number of hydrogen-bond donors (Lipinski definition) is 1. The van der Waals surface area contributed by atoms with Gasteiger partial charge in [-0.15, -0.1) is 0 Å². The standard InChI is InChI=1S/C15H32O4S.Na/c1-2-3-4-5-6-9-12-15(20(17,18)19)13-10-7-8-11-14-16;/h15-16H,2-14H2,1H3,(H,17,18,19);/q;+1/p-1. The summed E-state index contributed by atoms with van der Waals surface area (Å²) in [5.41, 5.74) is 0. The van der Waals surface area contributed by atoms with Crippen molar-refractivity contribution in [3.05, 3.63) is 0 Å². The van der Waals surface area contributed by atoms with Crippen molar-refractivity contribution in [3.63, 3.8) is 0 Å². The molecular formula is C15H31NaO4S. The average Bonchev–Trinajstić information content (AvgIpc) is 2.38. The molecule has 1 atom stereocenters. The number of aliphatic hydroxyl groups excluding tert-OH is 1. The van der Waals surface area contributed by atoms with Crippen LogP contribution < -0.4 is 29.6 Å². The molecule has 0 rings (SSSR count). The van der Waals surface area contributed by atoms with Crippen molar-refractivity contribution in [2.24, 2.45) is 0 Å². The Labute approximate surface area is 153 Å². The Hall–Kier alpha value is 0.870. The summed E-state index contributed by atoms with van der Waals surface area (Å²) in [5, 5.41) is 7.96. The van der Waals surface area contributed by atoms with Gasteiger partial charge in [-0.2, -0.15) is 0 Å². The van der Waals surface area contributed by atoms with E-state index in [0.717, 1.165) is 44.9 Å². The summed E-state index contributed by atoms with van der Waals surface area (Å²) in [5.74, 6) is 0. The minimum absolute atomic E-state index is 0. The van der Waals surface area contributed by atoms with Crippen LogP contribution >= 0.6 is 0 Å². The van der Waals surface area contributed by atoms with Crippen LogP contribution in [0.25, 0.3) is 0 Å². The van der Waals surface area contributed by atoms with E-state index in [1.54, 1.807) is 0 Å². The van der Waals surface area contributed by atoms with E-state index in [1.807, 2.05) is 0 Å². The zero-order chi connectivity index (χ0) is 15.3. The molecule has 6 heteroatoms. The summed E-state index contributed by atoms with van der Waals surface area (Å²) in [7, 11) is -4.15. The van der Waals surface area contributed by atoms with Gasteiger partial charge in [0.15, 0.2) is 0 Å². The second kappa shape index (κ2) is 15.8. The van der Waals surface area contributed by atoms with E-state index in [0.29, 0.717) is 12.8 Å². The Kier molecular flexibility index (Phi) is 18.1. The largest absolute Gasteiger partial charge is 1.00 e. The molecule has 0 aliphatic rings. The van der Waals surface area contributed by atoms with Gasteiger partial charge in [0.05, 0.1) is 10.1 Å². The Morgan fingerprint density at radius 2 is 1.29 bits per heavy atom. The number of unbranched alkanes of at least 4 members (excludes halogenated alkanes) is 8. The van der Waals surface area contributed by atoms with Crippen LogP contribution in [0.2, 0.25) is 0 Å². The quantitative estimate of drug-likeness (QED) is 0.287. The molecule has 21 heavy (non-hydrogen) atoms. The third kappa shape index (κ3) is 15.5. The van der Waals surface area contributed by atoms with Crippen molar-refractivity contribution in [2.45, 2.75) is 89.2 Å². The fourth-order valence-electron chi connectivity index (χ4n) is 2.42. The molecule has 0 fully saturated rings. The molecule has 122 valence electrons. The molecule has 0 aromatic carbocycles. The van der Waals surface area contributed by atoms with Crippen LogP contribution in [0.1, 0.15) is 84.0 Å². The average molecular weight is 330 g/mol. The van der Waals surface area contributed by atoms with Crippen LogP contribution in [0.5, 0.6) is 0 Å². The first-order valence-electron chi connectivity index (χ1n) is 8.08. The molecule has 1 N–H and O–H groups in total. The van der Waals surface area contributed by atoms with Gasteiger partial charge < -0.3 is 9.66 Å². The van der Waals surface area contributed by atoms with E-state index >= 15 is 0 Å². The molecule has 0 amide bonds. The summed E-state index contributed by atoms with van der Waals surface area (Å²) in [6.07, 6.45) is 10.9. The fraction of sp³-hybridized carbons (Fsp3) is 1.00. The summed E-state index contributed by atoms with van der Waals surface area (Å²) < 4.78 is 33.7. The summed E-state index contributed by atoms with van der Waals surface area (Å²) in [4.78, 5) is 0. The summed E-state index contributed by atoms with van der Waals surface area (Å²) >= 11 is 0. The summed E-state index contributed by atoms with van der Waals surface area (Å²) in [6, 6.07) is 0. The third-order valence-corrected chi connectivity index (χ3v) is 5.01. The first kappa shape index (κ1) is 24.1. The van der Waals surface area contributed by atoms with E-state index in [1.165, 1.54) is 19.3 Å². The van der Waals surface area contributed by atoms with Crippen LogP contribution in [0.15, 0.2) is 0 Å². The number of hydrogen-bond acceptors (Lipinski definition) is 4. The Morgan fingerprint density at radius 1 is 0.857 bits per heavy atom. The molecule has 0 saturated carbocycles. The van der Waals surface area contributed by atoms with Gasteiger partial charge in [-0.25, -0.2) is 8.42 Å². The molecule has 0 aromatic rings. The predicted molar refractivity (Wildman–Crippen MR) is 81.6 cm³/mol. The number of rotatable bonds is 14. The van der Waals surface area contributed by atoms with E-state index < -0.39 is 15.4 Å².